The predicted molar refractivity (Wildman–Crippen MR) is 18.5 cm³/mol. The van der Waals surface area contributed by atoms with Crippen molar-refractivity contribution in [3.63, 3.8) is 0 Å². The van der Waals surface area contributed by atoms with Gasteiger partial charge in [0.25, 0.3) is 0 Å². The van der Waals surface area contributed by atoms with Crippen molar-refractivity contribution in [3.05, 3.63) is 0 Å². The summed E-state index contributed by atoms with van der Waals surface area (Å²) in [6, 6.07) is 0. The Bertz CT molecular complexity index is 11.5. The maximum absolute atomic E-state index is 7.57. The van der Waals surface area contributed by atoms with Crippen LogP contribution >= 0.6 is 0 Å². The summed E-state index contributed by atoms with van der Waals surface area (Å²) in [6.45, 7) is 1.93. The van der Waals surface area contributed by atoms with Crippen molar-refractivity contribution in [2.24, 2.45) is 0 Å². The van der Waals surface area contributed by atoms with Crippen LogP contribution in [0.2, 0.25) is 0 Å². The summed E-state index contributed by atoms with van der Waals surface area (Å²) in [5.41, 5.74) is 0. The Kier molecular flexibility index (Phi) is 215. The van der Waals surface area contributed by atoms with Gasteiger partial charge < -0.3 is 29.9 Å². The van der Waals surface area contributed by atoms with Gasteiger partial charge in [-0.15, -0.1) is 0 Å². The Balaban J connectivity index is -0.00000000667. The zero-order valence-corrected chi connectivity index (χ0v) is 5.13. The number of hydrogen-bond donors (Lipinski definition) is 1. The molecule has 0 aromatic rings. The Morgan fingerprint density at radius 1 is 1.33 bits per heavy atom. The van der Waals surface area contributed by atoms with E-state index >= 15 is 0 Å². The minimum Gasteiger partial charge on any atom is -1.00 e. The summed E-state index contributed by atoms with van der Waals surface area (Å²) in [5.74, 6) is 0. The van der Waals surface area contributed by atoms with E-state index in [4.69, 9.17) is 5.11 Å². The molecule has 1 N–H and O–H groups in total. The molecule has 0 aliphatic carbocycles. The normalized spacial score (nSPS) is 3.00. The second kappa shape index (κ2) is 43.3. The van der Waals surface area contributed by atoms with Crippen molar-refractivity contribution in [2.45, 2.75) is 6.92 Å². The third-order valence-electron chi connectivity index (χ3n) is 0. The summed E-state index contributed by atoms with van der Waals surface area (Å²) < 4.78 is 0. The van der Waals surface area contributed by atoms with Gasteiger partial charge in [-0.25, -0.2) is 0 Å². The number of hydrogen-bond acceptors (Lipinski definition) is 1. The van der Waals surface area contributed by atoms with E-state index in [2.05, 4.69) is 0 Å². The monoisotopic (exact) mass is 125 g/mol. The van der Waals surface area contributed by atoms with Crippen LogP contribution in [0.25, 0.3) is 0 Å². The largest absolute Gasteiger partial charge is 2.00 e. The topological polar surface area (TPSA) is 20.2 Å². The van der Waals surface area contributed by atoms with Crippen molar-refractivity contribution in [1.82, 2.24) is 0 Å². The van der Waals surface area contributed by atoms with Crippen molar-refractivity contribution in [3.8, 4) is 0 Å². The predicted octanol–water partition coefficient (Wildman–Crippen LogP) is -6.37. The molecule has 0 rings (SSSR count). The van der Waals surface area contributed by atoms with Gasteiger partial charge in [-0.3, -0.25) is 0 Å². The molecule has 0 saturated carbocycles. The van der Waals surface area contributed by atoms with E-state index in [1.54, 1.807) is 6.92 Å². The molecule has 0 radical (unpaired) electrons. The third kappa shape index (κ3) is 129. The zero-order chi connectivity index (χ0) is 2.71. The molecule has 0 amide bonds. The second-order valence-electron chi connectivity index (χ2n) is 0.316. The van der Waals surface area contributed by atoms with Crippen LogP contribution in [0, 0.1) is 0 Å². The van der Waals surface area contributed by atoms with Crippen molar-refractivity contribution in [1.29, 1.82) is 0 Å². The second-order valence-corrected chi connectivity index (χ2v) is 0.316. The summed E-state index contributed by atoms with van der Waals surface area (Å²) in [6.07, 6.45) is 0. The number of aliphatic hydroxyl groups excluding tert-OH is 1. The Hall–Kier alpha value is 0.709. The van der Waals surface area contributed by atoms with Crippen LogP contribution < -0.4 is 24.8 Å². The van der Waals surface area contributed by atoms with Crippen LogP contribution in [0.15, 0.2) is 0 Å². The molecule has 0 aromatic heterocycles. The van der Waals surface area contributed by atoms with Gasteiger partial charge in [0.05, 0.1) is 0 Å². The molecule has 0 bridgehead atoms. The summed E-state index contributed by atoms with van der Waals surface area (Å²) in [7, 11) is 0. The van der Waals surface area contributed by atoms with Crippen LogP contribution in [0.4, 0.5) is 0 Å². The first kappa shape index (κ1) is 29.8. The van der Waals surface area contributed by atoms with Gasteiger partial charge in [0, 0.05) is 6.61 Å². The maximum Gasteiger partial charge on any atom is 2.00 e. The van der Waals surface area contributed by atoms with E-state index in [0.29, 0.717) is 0 Å². The molecular formula is C2H6BeCl2O. The quantitative estimate of drug-likeness (QED) is 0.320. The van der Waals surface area contributed by atoms with Crippen molar-refractivity contribution in [2.75, 3.05) is 6.61 Å². The fourth-order valence-electron chi connectivity index (χ4n) is 0. The van der Waals surface area contributed by atoms with E-state index in [1.165, 1.54) is 0 Å². The molecule has 36 valence electrons. The minimum absolute atomic E-state index is 0. The number of aliphatic hydroxyl groups is 1. The molecule has 0 saturated heterocycles. The first-order valence-corrected chi connectivity index (χ1v) is 1.02. The molecule has 0 fully saturated rings. The Labute approximate surface area is 54.2 Å². The fraction of sp³-hybridized carbons (Fsp3) is 1.00. The molecule has 0 unspecified atom stereocenters. The fourth-order valence-corrected chi connectivity index (χ4v) is 0. The summed E-state index contributed by atoms with van der Waals surface area (Å²) >= 11 is 0. The minimum atomic E-state index is 0. The van der Waals surface area contributed by atoms with E-state index in [1.807, 2.05) is 0 Å². The molecule has 0 aliphatic heterocycles. The first-order chi connectivity index (χ1) is 1.41. The molecule has 6 heavy (non-hydrogen) atoms. The Morgan fingerprint density at radius 2 is 1.33 bits per heavy atom. The molecule has 0 aliphatic rings. The van der Waals surface area contributed by atoms with Crippen LogP contribution in [0.5, 0.6) is 0 Å². The van der Waals surface area contributed by atoms with Gasteiger partial charge in [-0.2, -0.15) is 0 Å². The van der Waals surface area contributed by atoms with Crippen LogP contribution in [-0.4, -0.2) is 21.8 Å². The molecule has 0 spiro atoms. The standard InChI is InChI=1S/C2H6O.Be.2ClH/c1-2-3;;;/h3H,2H2,1H3;;2*1H/q;+2;;/p-2. The van der Waals surface area contributed by atoms with Gasteiger partial charge in [0.1, 0.15) is 0 Å². The number of rotatable bonds is 0. The van der Waals surface area contributed by atoms with Crippen LogP contribution in [0.3, 0.4) is 0 Å². The van der Waals surface area contributed by atoms with Crippen LogP contribution in [0.1, 0.15) is 6.92 Å². The van der Waals surface area contributed by atoms with Crippen molar-refractivity contribution < 1.29 is 29.9 Å². The van der Waals surface area contributed by atoms with Crippen molar-refractivity contribution >= 4 is 10.1 Å². The Morgan fingerprint density at radius 3 is 1.33 bits per heavy atom. The smallest absolute Gasteiger partial charge is 1.00 e. The summed E-state index contributed by atoms with van der Waals surface area (Å²) in [5, 5.41) is 7.57. The molecule has 0 atom stereocenters. The van der Waals surface area contributed by atoms with E-state index in [0.717, 1.165) is 0 Å². The van der Waals surface area contributed by atoms with E-state index in [9.17, 15) is 0 Å². The molecular weight excluding hydrogens is 120 g/mol. The zero-order valence-electron chi connectivity index (χ0n) is 3.62. The molecule has 4 heteroatoms. The first-order valence-electron chi connectivity index (χ1n) is 1.02. The SMILES string of the molecule is CCO.[Be+2].[Cl-].[Cl-]. The van der Waals surface area contributed by atoms with Gasteiger partial charge in [0.2, 0.25) is 0 Å². The average Bonchev–Trinajstić information content (AvgIpc) is 0.918. The van der Waals surface area contributed by atoms with Gasteiger partial charge in [-0.05, 0) is 6.92 Å². The van der Waals surface area contributed by atoms with E-state index < -0.39 is 0 Å². The van der Waals surface area contributed by atoms with Gasteiger partial charge in [-0.1, -0.05) is 0 Å². The molecule has 1 nitrogen and oxygen atoms in total. The third-order valence-corrected chi connectivity index (χ3v) is 0. The van der Waals surface area contributed by atoms with Crippen LogP contribution in [-0.2, 0) is 0 Å². The molecule has 0 heterocycles. The van der Waals surface area contributed by atoms with Gasteiger partial charge in [0.15, 0.2) is 0 Å². The summed E-state index contributed by atoms with van der Waals surface area (Å²) in [4.78, 5) is 0. The number of halogens is 2. The maximum atomic E-state index is 7.57. The van der Waals surface area contributed by atoms with E-state index in [-0.39, 0.29) is 41.5 Å². The van der Waals surface area contributed by atoms with Gasteiger partial charge >= 0.3 is 10.1 Å². The average molecular weight is 126 g/mol. The molecule has 0 aromatic carbocycles.